The van der Waals surface area contributed by atoms with Crippen LogP contribution < -0.4 is 10.6 Å². The number of anilines is 1. The van der Waals surface area contributed by atoms with Gasteiger partial charge >= 0.3 is 0 Å². The van der Waals surface area contributed by atoms with Gasteiger partial charge in [0, 0.05) is 23.2 Å². The van der Waals surface area contributed by atoms with E-state index in [-0.39, 0.29) is 40.4 Å². The van der Waals surface area contributed by atoms with Crippen molar-refractivity contribution in [2.24, 2.45) is 5.92 Å². The second-order valence-corrected chi connectivity index (χ2v) is 8.30. The van der Waals surface area contributed by atoms with Crippen molar-refractivity contribution in [3.8, 4) is 11.1 Å². The standard InChI is InChI=1S/C25H23ClFN3O2/c26-23-10-4-9-22(30-23)25(32)28-18-13-11-16(12-14-18)24(31)29-19-6-3-5-17(15-19)20-7-1-2-8-21(20)27/h1-10,15-16,18H,11-14H2,(H,28,32)(H,29,31)/t16-,18+. The third-order valence-electron chi connectivity index (χ3n) is 5.70. The molecule has 1 fully saturated rings. The van der Waals surface area contributed by atoms with Crippen molar-refractivity contribution in [2.45, 2.75) is 31.7 Å². The second-order valence-electron chi connectivity index (χ2n) is 7.92. The van der Waals surface area contributed by atoms with E-state index in [2.05, 4.69) is 15.6 Å². The van der Waals surface area contributed by atoms with E-state index >= 15 is 0 Å². The summed E-state index contributed by atoms with van der Waals surface area (Å²) in [5.74, 6) is -0.754. The third-order valence-corrected chi connectivity index (χ3v) is 5.91. The fraction of sp³-hybridized carbons (Fsp3) is 0.240. The Morgan fingerprint density at radius 3 is 2.44 bits per heavy atom. The van der Waals surface area contributed by atoms with Crippen LogP contribution in [0.3, 0.4) is 0 Å². The zero-order chi connectivity index (χ0) is 22.5. The maximum Gasteiger partial charge on any atom is 0.270 e. The van der Waals surface area contributed by atoms with Crippen LogP contribution in [0.5, 0.6) is 0 Å². The van der Waals surface area contributed by atoms with Crippen molar-refractivity contribution < 1.29 is 14.0 Å². The zero-order valence-electron chi connectivity index (χ0n) is 17.4. The third kappa shape index (κ3) is 5.32. The number of carbonyl (C=O) groups excluding carboxylic acids is 2. The van der Waals surface area contributed by atoms with Gasteiger partial charge in [0.2, 0.25) is 5.91 Å². The van der Waals surface area contributed by atoms with Gasteiger partial charge in [-0.05, 0) is 61.6 Å². The number of nitrogens with zero attached hydrogens (tertiary/aromatic N) is 1. The van der Waals surface area contributed by atoms with Crippen LogP contribution in [-0.2, 0) is 4.79 Å². The van der Waals surface area contributed by atoms with E-state index < -0.39 is 0 Å². The van der Waals surface area contributed by atoms with E-state index in [4.69, 9.17) is 11.6 Å². The van der Waals surface area contributed by atoms with E-state index in [0.717, 1.165) is 0 Å². The van der Waals surface area contributed by atoms with Gasteiger partial charge in [0.15, 0.2) is 0 Å². The van der Waals surface area contributed by atoms with Crippen LogP contribution >= 0.6 is 11.6 Å². The molecule has 164 valence electrons. The molecule has 0 atom stereocenters. The van der Waals surface area contributed by atoms with Crippen LogP contribution in [0.25, 0.3) is 11.1 Å². The molecule has 5 nitrogen and oxygen atoms in total. The Morgan fingerprint density at radius 1 is 0.938 bits per heavy atom. The molecule has 1 heterocycles. The Hall–Kier alpha value is -3.25. The molecule has 3 aromatic rings. The molecule has 4 rings (SSSR count). The molecule has 0 aliphatic heterocycles. The Kier molecular flexibility index (Phi) is 6.81. The number of carbonyl (C=O) groups is 2. The van der Waals surface area contributed by atoms with Crippen LogP contribution in [0, 0.1) is 11.7 Å². The molecule has 1 aromatic heterocycles. The quantitative estimate of drug-likeness (QED) is 0.505. The summed E-state index contributed by atoms with van der Waals surface area (Å²) in [6.45, 7) is 0. The Labute approximate surface area is 191 Å². The topological polar surface area (TPSA) is 71.1 Å². The minimum Gasteiger partial charge on any atom is -0.348 e. The summed E-state index contributed by atoms with van der Waals surface area (Å²) in [7, 11) is 0. The molecule has 2 amide bonds. The monoisotopic (exact) mass is 451 g/mol. The molecule has 2 aromatic carbocycles. The van der Waals surface area contributed by atoms with Gasteiger partial charge in [0.1, 0.15) is 16.7 Å². The number of hydrogen-bond acceptors (Lipinski definition) is 3. The fourth-order valence-electron chi connectivity index (χ4n) is 4.00. The van der Waals surface area contributed by atoms with Crippen LogP contribution in [0.15, 0.2) is 66.7 Å². The number of hydrogen-bond donors (Lipinski definition) is 2. The van der Waals surface area contributed by atoms with Crippen molar-refractivity contribution in [3.05, 3.63) is 83.4 Å². The molecule has 1 aliphatic rings. The van der Waals surface area contributed by atoms with E-state index in [1.165, 1.54) is 6.07 Å². The second kappa shape index (κ2) is 9.92. The van der Waals surface area contributed by atoms with Gasteiger partial charge in [0.05, 0.1) is 0 Å². The number of aromatic nitrogens is 1. The lowest BCUT2D eigenvalue weighted by molar-refractivity contribution is -0.120. The van der Waals surface area contributed by atoms with Crippen molar-refractivity contribution >= 4 is 29.1 Å². The molecule has 32 heavy (non-hydrogen) atoms. The minimum absolute atomic E-state index is 0.00304. The summed E-state index contributed by atoms with van der Waals surface area (Å²) in [6.07, 6.45) is 2.76. The largest absolute Gasteiger partial charge is 0.348 e. The van der Waals surface area contributed by atoms with E-state index in [0.29, 0.717) is 42.5 Å². The smallest absolute Gasteiger partial charge is 0.270 e. The maximum atomic E-state index is 14.1. The van der Waals surface area contributed by atoms with Gasteiger partial charge in [-0.1, -0.05) is 48.0 Å². The summed E-state index contributed by atoms with van der Waals surface area (Å²) in [5.41, 5.74) is 2.13. The van der Waals surface area contributed by atoms with Gasteiger partial charge in [-0.2, -0.15) is 0 Å². The maximum absolute atomic E-state index is 14.1. The molecule has 0 bridgehead atoms. The van der Waals surface area contributed by atoms with E-state index in [9.17, 15) is 14.0 Å². The van der Waals surface area contributed by atoms with E-state index in [1.54, 1.807) is 54.6 Å². The lowest BCUT2D eigenvalue weighted by Crippen LogP contribution is -2.39. The molecule has 1 aliphatic carbocycles. The number of rotatable bonds is 5. The summed E-state index contributed by atoms with van der Waals surface area (Å²) in [5, 5.41) is 6.21. The van der Waals surface area contributed by atoms with Crippen LogP contribution in [0.1, 0.15) is 36.2 Å². The van der Waals surface area contributed by atoms with Crippen molar-refractivity contribution in [2.75, 3.05) is 5.32 Å². The van der Waals surface area contributed by atoms with Crippen LogP contribution in [0.2, 0.25) is 5.15 Å². The average molecular weight is 452 g/mol. The highest BCUT2D eigenvalue weighted by Crippen LogP contribution is 2.28. The summed E-state index contributed by atoms with van der Waals surface area (Å²) in [4.78, 5) is 29.2. The highest BCUT2D eigenvalue weighted by molar-refractivity contribution is 6.29. The number of nitrogens with one attached hydrogen (secondary N) is 2. The van der Waals surface area contributed by atoms with Crippen LogP contribution in [0.4, 0.5) is 10.1 Å². The number of benzene rings is 2. The average Bonchev–Trinajstić information content (AvgIpc) is 2.80. The highest BCUT2D eigenvalue weighted by Gasteiger charge is 2.27. The first-order valence-electron chi connectivity index (χ1n) is 10.6. The molecule has 0 unspecified atom stereocenters. The predicted octanol–water partition coefficient (Wildman–Crippen LogP) is 5.47. The predicted molar refractivity (Wildman–Crippen MR) is 123 cm³/mol. The molecular formula is C25H23ClFN3O2. The van der Waals surface area contributed by atoms with Gasteiger partial charge in [-0.3, -0.25) is 9.59 Å². The Bertz CT molecular complexity index is 1130. The molecule has 0 spiro atoms. The SMILES string of the molecule is O=C(N[C@H]1CC[C@@H](C(=O)Nc2cccc(-c3ccccc3F)c2)CC1)c1cccc(Cl)n1. The lowest BCUT2D eigenvalue weighted by atomic mass is 9.85. The van der Waals surface area contributed by atoms with Gasteiger partial charge in [-0.25, -0.2) is 9.37 Å². The summed E-state index contributed by atoms with van der Waals surface area (Å²) in [6, 6.07) is 18.7. The first kappa shape index (κ1) is 22.0. The minimum atomic E-state index is -0.302. The first-order chi connectivity index (χ1) is 15.5. The Morgan fingerprint density at radius 2 is 1.69 bits per heavy atom. The van der Waals surface area contributed by atoms with Crippen molar-refractivity contribution in [1.29, 1.82) is 0 Å². The molecule has 2 N–H and O–H groups in total. The lowest BCUT2D eigenvalue weighted by Gasteiger charge is -2.28. The van der Waals surface area contributed by atoms with Crippen molar-refractivity contribution in [3.63, 3.8) is 0 Å². The molecular weight excluding hydrogens is 429 g/mol. The molecule has 7 heteroatoms. The van der Waals surface area contributed by atoms with Crippen molar-refractivity contribution in [1.82, 2.24) is 10.3 Å². The normalized spacial score (nSPS) is 18.1. The Balaban J connectivity index is 1.32. The fourth-order valence-corrected chi connectivity index (χ4v) is 4.16. The first-order valence-corrected chi connectivity index (χ1v) is 11.0. The van der Waals surface area contributed by atoms with Gasteiger partial charge in [-0.15, -0.1) is 0 Å². The molecule has 1 saturated carbocycles. The molecule has 0 saturated heterocycles. The highest BCUT2D eigenvalue weighted by atomic mass is 35.5. The van der Waals surface area contributed by atoms with Gasteiger partial charge < -0.3 is 10.6 Å². The van der Waals surface area contributed by atoms with E-state index in [1.807, 2.05) is 6.07 Å². The number of amides is 2. The van der Waals surface area contributed by atoms with Gasteiger partial charge in [0.25, 0.3) is 5.91 Å². The summed E-state index contributed by atoms with van der Waals surface area (Å²) < 4.78 is 14.1. The number of pyridine rings is 1. The molecule has 0 radical (unpaired) electrons. The van der Waals surface area contributed by atoms with Crippen LogP contribution in [-0.4, -0.2) is 22.8 Å². The zero-order valence-corrected chi connectivity index (χ0v) is 18.1. The number of halogens is 2. The summed E-state index contributed by atoms with van der Waals surface area (Å²) >= 11 is 5.85.